The Morgan fingerprint density at radius 2 is 1.24 bits per heavy atom. The SMILES string of the molecule is Nc1c(N=Nc2ccc(Nc3ccc([N+](=O)[O-])cc3[N+](=O)[O-])cc2)c(S(=O)(=O)O)cc2cc(S(=O)(=O)O)c(N=Nc3ccccc3)c(O)c12. The zero-order chi connectivity index (χ0) is 35.7. The number of nitro groups is 2. The van der Waals surface area contributed by atoms with E-state index < -0.39 is 74.1 Å². The first-order valence-corrected chi connectivity index (χ1v) is 16.2. The van der Waals surface area contributed by atoms with Crippen molar-refractivity contribution in [1.29, 1.82) is 0 Å². The lowest BCUT2D eigenvalue weighted by Crippen LogP contribution is -2.03. The minimum absolute atomic E-state index is 0.0497. The van der Waals surface area contributed by atoms with Crippen molar-refractivity contribution in [3.05, 3.63) is 105 Å². The molecule has 0 unspecified atom stereocenters. The van der Waals surface area contributed by atoms with E-state index in [0.717, 1.165) is 30.3 Å². The summed E-state index contributed by atoms with van der Waals surface area (Å²) < 4.78 is 68.9. The number of aromatic hydroxyl groups is 1. The third-order valence-corrected chi connectivity index (χ3v) is 8.43. The Morgan fingerprint density at radius 3 is 1.80 bits per heavy atom. The Balaban J connectivity index is 1.57. The molecule has 5 rings (SSSR count). The lowest BCUT2D eigenvalue weighted by molar-refractivity contribution is -0.393. The lowest BCUT2D eigenvalue weighted by Gasteiger charge is -2.14. The molecule has 0 bridgehead atoms. The molecule has 21 heteroatoms. The van der Waals surface area contributed by atoms with E-state index in [1.807, 2.05) is 0 Å². The Hall–Kier alpha value is -6.42. The van der Waals surface area contributed by atoms with Crippen molar-refractivity contribution in [2.24, 2.45) is 20.5 Å². The van der Waals surface area contributed by atoms with Gasteiger partial charge in [-0.2, -0.15) is 27.1 Å². The number of nitrogens with one attached hydrogen (secondary N) is 1. The number of phenols is 1. The van der Waals surface area contributed by atoms with E-state index in [0.29, 0.717) is 0 Å². The van der Waals surface area contributed by atoms with E-state index in [1.165, 1.54) is 36.4 Å². The van der Waals surface area contributed by atoms with Gasteiger partial charge in [0, 0.05) is 11.8 Å². The molecule has 0 heterocycles. The molecule has 0 aliphatic carbocycles. The van der Waals surface area contributed by atoms with Crippen molar-refractivity contribution >= 4 is 82.2 Å². The summed E-state index contributed by atoms with van der Waals surface area (Å²) in [6.07, 6.45) is 0. The van der Waals surface area contributed by atoms with Gasteiger partial charge in [-0.25, -0.2) is 0 Å². The number of nitrogens with zero attached hydrogens (tertiary/aromatic N) is 6. The van der Waals surface area contributed by atoms with Crippen LogP contribution in [0.4, 0.5) is 51.2 Å². The third kappa shape index (κ3) is 7.28. The van der Waals surface area contributed by atoms with Crippen molar-refractivity contribution in [2.45, 2.75) is 9.79 Å². The molecule has 0 aliphatic heterocycles. The molecule has 0 aliphatic rings. The summed E-state index contributed by atoms with van der Waals surface area (Å²) in [5.41, 5.74) is 3.78. The predicted octanol–water partition coefficient (Wildman–Crippen LogP) is 7.01. The Kier molecular flexibility index (Phi) is 9.00. The minimum atomic E-state index is -5.11. The van der Waals surface area contributed by atoms with Crippen LogP contribution in [0.25, 0.3) is 10.8 Å². The molecule has 5 aromatic rings. The number of hydrogen-bond acceptors (Lipinski definition) is 15. The maximum Gasteiger partial charge on any atom is 0.299 e. The molecular weight excluding hydrogens is 688 g/mol. The zero-order valence-corrected chi connectivity index (χ0v) is 25.9. The number of fused-ring (bicyclic) bond motifs is 1. The third-order valence-electron chi connectivity index (χ3n) is 6.69. The second-order valence-electron chi connectivity index (χ2n) is 9.88. The number of benzene rings is 5. The maximum absolute atomic E-state index is 12.3. The topological polar surface area (TPSA) is 303 Å². The second kappa shape index (κ2) is 13.0. The number of nitrogen functional groups attached to an aromatic ring is 1. The van der Waals surface area contributed by atoms with Gasteiger partial charge in [-0.1, -0.05) is 18.2 Å². The summed E-state index contributed by atoms with van der Waals surface area (Å²) in [6, 6.07) is 18.0. The van der Waals surface area contributed by atoms with Crippen LogP contribution in [0.5, 0.6) is 5.75 Å². The van der Waals surface area contributed by atoms with Crippen LogP contribution >= 0.6 is 0 Å². The largest absolute Gasteiger partial charge is 0.505 e. The van der Waals surface area contributed by atoms with Crippen LogP contribution in [0.15, 0.2) is 115 Å². The van der Waals surface area contributed by atoms with Crippen LogP contribution in [-0.4, -0.2) is 40.9 Å². The number of nitro benzene ring substituents is 2. The molecule has 0 fully saturated rings. The number of phenolic OH excluding ortho intramolecular Hbond substituents is 1. The van der Waals surface area contributed by atoms with Crippen LogP contribution in [0.2, 0.25) is 0 Å². The van der Waals surface area contributed by atoms with Gasteiger partial charge in [0.15, 0.2) is 5.75 Å². The highest BCUT2D eigenvalue weighted by Gasteiger charge is 2.28. The smallest absolute Gasteiger partial charge is 0.299 e. The van der Waals surface area contributed by atoms with Gasteiger partial charge in [-0.05, 0) is 60.0 Å². The highest BCUT2D eigenvalue weighted by atomic mass is 32.2. The molecule has 0 saturated carbocycles. The van der Waals surface area contributed by atoms with E-state index in [1.54, 1.807) is 18.2 Å². The summed E-state index contributed by atoms with van der Waals surface area (Å²) in [6.45, 7) is 0. The van der Waals surface area contributed by atoms with E-state index in [-0.39, 0.29) is 33.5 Å². The van der Waals surface area contributed by atoms with Crippen molar-refractivity contribution in [2.75, 3.05) is 11.1 Å². The molecule has 0 radical (unpaired) electrons. The monoisotopic (exact) mass is 708 g/mol. The molecule has 49 heavy (non-hydrogen) atoms. The molecule has 0 atom stereocenters. The van der Waals surface area contributed by atoms with Crippen molar-refractivity contribution in [1.82, 2.24) is 0 Å². The van der Waals surface area contributed by atoms with Gasteiger partial charge in [-0.15, -0.1) is 10.2 Å². The number of hydrogen-bond donors (Lipinski definition) is 5. The van der Waals surface area contributed by atoms with Crippen molar-refractivity contribution < 1.29 is 40.9 Å². The molecule has 0 saturated heterocycles. The van der Waals surface area contributed by atoms with E-state index >= 15 is 0 Å². The predicted molar refractivity (Wildman–Crippen MR) is 174 cm³/mol. The molecule has 0 spiro atoms. The fourth-order valence-corrected chi connectivity index (χ4v) is 5.80. The quantitative estimate of drug-likeness (QED) is 0.0321. The molecule has 6 N–H and O–H groups in total. The Morgan fingerprint density at radius 1 is 0.694 bits per heavy atom. The number of nitrogens with two attached hydrogens (primary N) is 1. The highest BCUT2D eigenvalue weighted by molar-refractivity contribution is 7.86. The minimum Gasteiger partial charge on any atom is -0.505 e. The molecule has 250 valence electrons. The van der Waals surface area contributed by atoms with Gasteiger partial charge >= 0.3 is 0 Å². The molecule has 5 aromatic carbocycles. The van der Waals surface area contributed by atoms with Gasteiger partial charge in [0.05, 0.1) is 38.4 Å². The van der Waals surface area contributed by atoms with E-state index in [2.05, 4.69) is 25.8 Å². The molecule has 0 aromatic heterocycles. The zero-order valence-electron chi connectivity index (χ0n) is 24.3. The van der Waals surface area contributed by atoms with E-state index in [9.17, 15) is 51.3 Å². The first-order chi connectivity index (χ1) is 23.0. The highest BCUT2D eigenvalue weighted by Crippen LogP contribution is 2.48. The lowest BCUT2D eigenvalue weighted by atomic mass is 10.1. The standard InChI is InChI=1S/C28H20N8O11S2/c29-25-24-15(13-23(49(45,46)47)27(28(24)37)34-31-17-4-2-1-3-5-17)12-22(48(42,43)44)26(25)33-32-18-8-6-16(7-9-18)30-20-11-10-19(35(38)39)14-21(20)36(40)41/h1-14,30,37H,29H2,(H,42,43,44)(H,45,46,47). The Bertz CT molecular complexity index is 2440. The van der Waals surface area contributed by atoms with Gasteiger partial charge < -0.3 is 16.2 Å². The summed E-state index contributed by atoms with van der Waals surface area (Å²) >= 11 is 0. The molecule has 0 amide bonds. The molecule has 19 nitrogen and oxygen atoms in total. The fourth-order valence-electron chi connectivity index (χ4n) is 4.47. The first-order valence-electron chi connectivity index (χ1n) is 13.3. The second-order valence-corrected chi connectivity index (χ2v) is 12.7. The number of azo groups is 2. The van der Waals surface area contributed by atoms with Gasteiger partial charge in [0.2, 0.25) is 0 Å². The van der Waals surface area contributed by atoms with Crippen LogP contribution in [0, 0.1) is 20.2 Å². The maximum atomic E-state index is 12.3. The number of rotatable bonds is 10. The van der Waals surface area contributed by atoms with Gasteiger partial charge in [0.1, 0.15) is 26.9 Å². The van der Waals surface area contributed by atoms with Gasteiger partial charge in [0.25, 0.3) is 31.6 Å². The van der Waals surface area contributed by atoms with Gasteiger partial charge in [-0.3, -0.25) is 29.3 Å². The van der Waals surface area contributed by atoms with Crippen LogP contribution < -0.4 is 11.1 Å². The summed E-state index contributed by atoms with van der Waals surface area (Å²) in [7, 11) is -10.2. The van der Waals surface area contributed by atoms with Crippen LogP contribution in [-0.2, 0) is 20.2 Å². The fraction of sp³-hybridized carbons (Fsp3) is 0. The van der Waals surface area contributed by atoms with E-state index in [4.69, 9.17) is 5.73 Å². The average molecular weight is 709 g/mol. The summed E-state index contributed by atoms with van der Waals surface area (Å²) in [4.78, 5) is 19.0. The number of non-ortho nitro benzene ring substituents is 1. The van der Waals surface area contributed by atoms with Crippen molar-refractivity contribution in [3.63, 3.8) is 0 Å². The van der Waals surface area contributed by atoms with Crippen LogP contribution in [0.1, 0.15) is 0 Å². The van der Waals surface area contributed by atoms with Crippen LogP contribution in [0.3, 0.4) is 0 Å². The average Bonchev–Trinajstić information content (AvgIpc) is 3.03. The molecular formula is C28H20N8O11S2. The normalized spacial score (nSPS) is 12.1. The number of anilines is 3. The Labute approximate surface area is 274 Å². The first kappa shape index (κ1) is 33.9. The van der Waals surface area contributed by atoms with Crippen molar-refractivity contribution in [3.8, 4) is 5.75 Å². The summed E-state index contributed by atoms with van der Waals surface area (Å²) in [5, 5.41) is 51.1. The summed E-state index contributed by atoms with van der Waals surface area (Å²) in [5.74, 6) is -0.920.